The Morgan fingerprint density at radius 1 is 0.750 bits per heavy atom. The van der Waals surface area contributed by atoms with E-state index >= 15 is 0 Å². The molecule has 0 N–H and O–H groups in total. The summed E-state index contributed by atoms with van der Waals surface area (Å²) in [5.41, 5.74) is 2.32. The first kappa shape index (κ1) is 12.8. The highest BCUT2D eigenvalue weighted by atomic mass is 79.9. The van der Waals surface area contributed by atoms with Crippen molar-refractivity contribution in [3.8, 4) is 11.1 Å². The summed E-state index contributed by atoms with van der Waals surface area (Å²) in [6.45, 7) is 0. The molecule has 2 aromatic carbocycles. The van der Waals surface area contributed by atoms with Crippen LogP contribution >= 0.6 is 63.7 Å². The zero-order valence-electron chi connectivity index (χ0n) is 7.98. The predicted octanol–water partition coefficient (Wildman–Crippen LogP) is 6.40. The molecule has 0 aliphatic rings. The van der Waals surface area contributed by atoms with Crippen LogP contribution in [0.4, 0.5) is 0 Å². The molecule has 0 unspecified atom stereocenters. The summed E-state index contributed by atoms with van der Waals surface area (Å²) >= 11 is 14.1. The SMILES string of the molecule is Brc1cc(Br)cc(-c2cccc(Br)c2Br)c1. The topological polar surface area (TPSA) is 0 Å². The minimum Gasteiger partial charge on any atom is -0.0604 e. The molecule has 0 fully saturated rings. The number of benzene rings is 2. The van der Waals surface area contributed by atoms with Crippen LogP contribution in [-0.2, 0) is 0 Å². The molecule has 0 saturated carbocycles. The van der Waals surface area contributed by atoms with Crippen LogP contribution in [-0.4, -0.2) is 0 Å². The summed E-state index contributed by atoms with van der Waals surface area (Å²) in [6.07, 6.45) is 0. The number of hydrogen-bond acceptors (Lipinski definition) is 0. The van der Waals surface area contributed by atoms with E-state index in [0.717, 1.165) is 29.0 Å². The van der Waals surface area contributed by atoms with Gasteiger partial charge in [0.2, 0.25) is 0 Å². The van der Waals surface area contributed by atoms with Crippen molar-refractivity contribution in [2.45, 2.75) is 0 Å². The van der Waals surface area contributed by atoms with Crippen molar-refractivity contribution in [2.24, 2.45) is 0 Å². The fourth-order valence-electron chi connectivity index (χ4n) is 1.44. The Hall–Kier alpha value is 0.360. The van der Waals surface area contributed by atoms with Gasteiger partial charge in [0.25, 0.3) is 0 Å². The summed E-state index contributed by atoms with van der Waals surface area (Å²) in [6, 6.07) is 12.3. The largest absolute Gasteiger partial charge is 0.0604 e. The van der Waals surface area contributed by atoms with Gasteiger partial charge in [0, 0.05) is 17.9 Å². The van der Waals surface area contributed by atoms with Crippen molar-refractivity contribution >= 4 is 63.7 Å². The maximum absolute atomic E-state index is 3.59. The lowest BCUT2D eigenvalue weighted by molar-refractivity contribution is 1.52. The van der Waals surface area contributed by atoms with Crippen LogP contribution < -0.4 is 0 Å². The van der Waals surface area contributed by atoms with Crippen LogP contribution in [0, 0.1) is 0 Å². The molecule has 0 aliphatic carbocycles. The van der Waals surface area contributed by atoms with Gasteiger partial charge in [-0.3, -0.25) is 0 Å². The van der Waals surface area contributed by atoms with Crippen LogP contribution in [0.5, 0.6) is 0 Å². The Balaban J connectivity index is 2.63. The zero-order valence-corrected chi connectivity index (χ0v) is 14.3. The molecule has 0 saturated heterocycles. The molecule has 0 aliphatic heterocycles. The van der Waals surface area contributed by atoms with Gasteiger partial charge in [-0.25, -0.2) is 0 Å². The average Bonchev–Trinajstić information content (AvgIpc) is 2.20. The first-order valence-electron chi connectivity index (χ1n) is 4.48. The van der Waals surface area contributed by atoms with Gasteiger partial charge >= 0.3 is 0 Å². The van der Waals surface area contributed by atoms with Crippen LogP contribution in [0.3, 0.4) is 0 Å². The minimum atomic E-state index is 1.06. The lowest BCUT2D eigenvalue weighted by Gasteiger charge is -2.07. The number of rotatable bonds is 1. The molecule has 2 rings (SSSR count). The standard InChI is InChI=1S/C12H6Br4/c13-8-4-7(5-9(14)6-8)10-2-1-3-11(15)12(10)16/h1-6H. The van der Waals surface area contributed by atoms with Crippen LogP contribution in [0.1, 0.15) is 0 Å². The van der Waals surface area contributed by atoms with E-state index in [-0.39, 0.29) is 0 Å². The van der Waals surface area contributed by atoms with Crippen molar-refractivity contribution in [1.29, 1.82) is 0 Å². The Morgan fingerprint density at radius 2 is 1.38 bits per heavy atom. The molecule has 2 aromatic rings. The van der Waals surface area contributed by atoms with Crippen molar-refractivity contribution in [1.82, 2.24) is 0 Å². The maximum atomic E-state index is 3.59. The van der Waals surface area contributed by atoms with Crippen molar-refractivity contribution in [2.75, 3.05) is 0 Å². The maximum Gasteiger partial charge on any atom is 0.0395 e. The summed E-state index contributed by atoms with van der Waals surface area (Å²) in [7, 11) is 0. The molecule has 0 radical (unpaired) electrons. The summed E-state index contributed by atoms with van der Waals surface area (Å²) in [4.78, 5) is 0. The lowest BCUT2D eigenvalue weighted by Crippen LogP contribution is -1.82. The summed E-state index contributed by atoms with van der Waals surface area (Å²) < 4.78 is 4.24. The highest BCUT2D eigenvalue weighted by Gasteiger charge is 2.07. The monoisotopic (exact) mass is 466 g/mol. The van der Waals surface area contributed by atoms with Gasteiger partial charge in [-0.2, -0.15) is 0 Å². The second-order valence-corrected chi connectivity index (χ2v) is 6.74. The first-order valence-corrected chi connectivity index (χ1v) is 7.65. The highest BCUT2D eigenvalue weighted by molar-refractivity contribution is 9.13. The van der Waals surface area contributed by atoms with Crippen LogP contribution in [0.2, 0.25) is 0 Å². The third-order valence-corrected chi connectivity index (χ3v) is 5.09. The molecule has 0 nitrogen and oxygen atoms in total. The quantitative estimate of drug-likeness (QED) is 0.453. The fourth-order valence-corrected chi connectivity index (χ4v) is 3.59. The van der Waals surface area contributed by atoms with Crippen molar-refractivity contribution in [3.63, 3.8) is 0 Å². The van der Waals surface area contributed by atoms with E-state index < -0.39 is 0 Å². The van der Waals surface area contributed by atoms with E-state index in [9.17, 15) is 0 Å². The van der Waals surface area contributed by atoms with Gasteiger partial charge in [0.1, 0.15) is 0 Å². The second-order valence-electron chi connectivity index (χ2n) is 3.26. The zero-order chi connectivity index (χ0) is 11.7. The van der Waals surface area contributed by atoms with Gasteiger partial charge in [-0.15, -0.1) is 0 Å². The molecule has 0 amide bonds. The summed E-state index contributed by atoms with van der Waals surface area (Å²) in [5.74, 6) is 0. The van der Waals surface area contributed by atoms with E-state index in [1.54, 1.807) is 0 Å². The molecule has 4 heteroatoms. The van der Waals surface area contributed by atoms with Gasteiger partial charge in [0.15, 0.2) is 0 Å². The smallest absolute Gasteiger partial charge is 0.0395 e. The average molecular weight is 470 g/mol. The van der Waals surface area contributed by atoms with E-state index in [1.807, 2.05) is 18.2 Å². The Bertz CT molecular complexity index is 514. The Morgan fingerprint density at radius 3 is 2.00 bits per heavy atom. The van der Waals surface area contributed by atoms with E-state index in [4.69, 9.17) is 0 Å². The molecule has 0 bridgehead atoms. The third-order valence-electron chi connectivity index (χ3n) is 2.13. The molecular formula is C12H6Br4. The molecule has 0 heterocycles. The summed E-state index contributed by atoms with van der Waals surface area (Å²) in [5, 5.41) is 0. The molecule has 82 valence electrons. The van der Waals surface area contributed by atoms with E-state index in [2.05, 4.69) is 81.9 Å². The van der Waals surface area contributed by atoms with Crippen LogP contribution in [0.25, 0.3) is 11.1 Å². The third kappa shape index (κ3) is 2.78. The number of hydrogen-bond donors (Lipinski definition) is 0. The van der Waals surface area contributed by atoms with Gasteiger partial charge in [0.05, 0.1) is 0 Å². The van der Waals surface area contributed by atoms with E-state index in [1.165, 1.54) is 0 Å². The minimum absolute atomic E-state index is 1.06. The molecule has 0 atom stereocenters. The molecular weight excluding hydrogens is 464 g/mol. The fraction of sp³-hybridized carbons (Fsp3) is 0. The second kappa shape index (κ2) is 5.34. The first-order chi connectivity index (χ1) is 7.58. The van der Waals surface area contributed by atoms with Crippen LogP contribution in [0.15, 0.2) is 54.3 Å². The predicted molar refractivity (Wildman–Crippen MR) is 82.7 cm³/mol. The lowest BCUT2D eigenvalue weighted by atomic mass is 10.1. The normalized spacial score (nSPS) is 10.5. The van der Waals surface area contributed by atoms with Gasteiger partial charge < -0.3 is 0 Å². The van der Waals surface area contributed by atoms with Crippen molar-refractivity contribution in [3.05, 3.63) is 54.3 Å². The van der Waals surface area contributed by atoms with Crippen molar-refractivity contribution < 1.29 is 0 Å². The Kier molecular flexibility index (Phi) is 4.27. The molecule has 0 spiro atoms. The Labute approximate surface area is 128 Å². The number of halogens is 4. The van der Waals surface area contributed by atoms with E-state index in [0.29, 0.717) is 0 Å². The van der Waals surface area contributed by atoms with Gasteiger partial charge in [-0.1, -0.05) is 44.0 Å². The molecule has 0 aromatic heterocycles. The highest BCUT2D eigenvalue weighted by Crippen LogP contribution is 2.36. The molecule has 16 heavy (non-hydrogen) atoms. The van der Waals surface area contributed by atoms with Gasteiger partial charge in [-0.05, 0) is 67.3 Å².